The zero-order valence-corrected chi connectivity index (χ0v) is 22.4. The summed E-state index contributed by atoms with van der Waals surface area (Å²) in [7, 11) is 1.29. The highest BCUT2D eigenvalue weighted by atomic mass is 19.4. The maximum Gasteiger partial charge on any atom is 0.416 e. The van der Waals surface area contributed by atoms with Crippen molar-refractivity contribution < 1.29 is 40.3 Å². The number of hydrogen-bond acceptors (Lipinski definition) is 5. The number of piperidine rings is 1. The fourth-order valence-electron chi connectivity index (χ4n) is 5.18. The molecule has 0 unspecified atom stereocenters. The second kappa shape index (κ2) is 11.6. The van der Waals surface area contributed by atoms with E-state index in [1.165, 1.54) is 42.5 Å². The van der Waals surface area contributed by atoms with Gasteiger partial charge in [0.1, 0.15) is 5.82 Å². The molecule has 0 aliphatic carbocycles. The Labute approximate surface area is 236 Å². The summed E-state index contributed by atoms with van der Waals surface area (Å²) in [6.07, 6.45) is -7.41. The highest BCUT2D eigenvalue weighted by Crippen LogP contribution is 2.38. The molecule has 42 heavy (non-hydrogen) atoms. The Balaban J connectivity index is 1.63. The number of amides is 2. The minimum atomic E-state index is -5.03. The van der Waals surface area contributed by atoms with Gasteiger partial charge in [-0.1, -0.05) is 6.07 Å². The van der Waals surface area contributed by atoms with E-state index in [2.05, 4.69) is 9.97 Å². The SMILES string of the molecule is Cc1cc(F)ccc1[C@@H]1CN(C(=O)c2cnc(N)nc2)CC[C@H]1C(=O)N(C)Cc1cc(C(F)(F)F)cc(C(F)(F)F)c1. The number of nitrogen functional groups attached to an aromatic ring is 1. The van der Waals surface area contributed by atoms with E-state index in [4.69, 9.17) is 5.73 Å². The number of benzene rings is 2. The minimum Gasteiger partial charge on any atom is -0.368 e. The summed E-state index contributed by atoms with van der Waals surface area (Å²) in [4.78, 5) is 37.0. The molecule has 224 valence electrons. The van der Waals surface area contributed by atoms with Gasteiger partial charge in [0.15, 0.2) is 0 Å². The maximum atomic E-state index is 13.9. The van der Waals surface area contributed by atoms with Gasteiger partial charge in [0.25, 0.3) is 5.91 Å². The van der Waals surface area contributed by atoms with Gasteiger partial charge in [0.2, 0.25) is 11.9 Å². The summed E-state index contributed by atoms with van der Waals surface area (Å²) in [5.41, 5.74) is 3.43. The summed E-state index contributed by atoms with van der Waals surface area (Å²) in [6, 6.07) is 5.17. The molecule has 2 aromatic carbocycles. The number of carbonyl (C=O) groups excluding carboxylic acids is 2. The Morgan fingerprint density at radius 1 is 1.00 bits per heavy atom. The van der Waals surface area contributed by atoms with Crippen LogP contribution in [0.5, 0.6) is 0 Å². The van der Waals surface area contributed by atoms with Crippen LogP contribution in [0.25, 0.3) is 0 Å². The molecule has 0 bridgehead atoms. The van der Waals surface area contributed by atoms with Gasteiger partial charge >= 0.3 is 12.4 Å². The number of aromatic nitrogens is 2. The van der Waals surface area contributed by atoms with Crippen molar-refractivity contribution in [1.29, 1.82) is 0 Å². The minimum absolute atomic E-state index is 0.0253. The molecule has 0 radical (unpaired) electrons. The molecule has 0 saturated carbocycles. The zero-order chi connectivity index (χ0) is 31.0. The van der Waals surface area contributed by atoms with E-state index >= 15 is 0 Å². The van der Waals surface area contributed by atoms with Gasteiger partial charge in [0, 0.05) is 50.9 Å². The second-order valence-corrected chi connectivity index (χ2v) is 10.2. The molecule has 2 atom stereocenters. The van der Waals surface area contributed by atoms with Crippen molar-refractivity contribution in [3.63, 3.8) is 0 Å². The highest BCUT2D eigenvalue weighted by Gasteiger charge is 2.40. The first-order valence-electron chi connectivity index (χ1n) is 12.7. The second-order valence-electron chi connectivity index (χ2n) is 10.2. The smallest absolute Gasteiger partial charge is 0.368 e. The van der Waals surface area contributed by atoms with Gasteiger partial charge in [-0.05, 0) is 60.4 Å². The molecule has 1 aliphatic rings. The van der Waals surface area contributed by atoms with Crippen LogP contribution in [0.4, 0.5) is 36.7 Å². The van der Waals surface area contributed by atoms with Crippen LogP contribution in [0, 0.1) is 18.7 Å². The first-order chi connectivity index (χ1) is 19.5. The van der Waals surface area contributed by atoms with Gasteiger partial charge in [-0.3, -0.25) is 9.59 Å². The number of halogens is 7. The Bertz CT molecular complexity index is 1440. The van der Waals surface area contributed by atoms with Crippen molar-refractivity contribution in [2.75, 3.05) is 25.9 Å². The third kappa shape index (κ3) is 6.80. The van der Waals surface area contributed by atoms with E-state index < -0.39 is 59.5 Å². The summed E-state index contributed by atoms with van der Waals surface area (Å²) in [6.45, 7) is 1.26. The number of nitrogens with two attached hydrogens (primary N) is 1. The topological polar surface area (TPSA) is 92.4 Å². The van der Waals surface area contributed by atoms with Gasteiger partial charge in [-0.2, -0.15) is 26.3 Å². The van der Waals surface area contributed by atoms with Crippen molar-refractivity contribution in [2.24, 2.45) is 5.92 Å². The molecule has 0 spiro atoms. The lowest BCUT2D eigenvalue weighted by Crippen LogP contribution is -2.47. The van der Waals surface area contributed by atoms with Crippen LogP contribution in [-0.4, -0.2) is 51.7 Å². The summed E-state index contributed by atoms with van der Waals surface area (Å²) >= 11 is 0. The predicted octanol–water partition coefficient (Wildman–Crippen LogP) is 5.45. The summed E-state index contributed by atoms with van der Waals surface area (Å²) in [5, 5.41) is 0. The van der Waals surface area contributed by atoms with Crippen LogP contribution >= 0.6 is 0 Å². The number of alkyl halides is 6. The molecule has 14 heteroatoms. The van der Waals surface area contributed by atoms with E-state index in [0.29, 0.717) is 23.3 Å². The highest BCUT2D eigenvalue weighted by molar-refractivity contribution is 5.94. The number of rotatable bonds is 5. The van der Waals surface area contributed by atoms with Crippen LogP contribution < -0.4 is 5.73 Å². The molecule has 7 nitrogen and oxygen atoms in total. The van der Waals surface area contributed by atoms with Crippen LogP contribution in [0.1, 0.15) is 50.5 Å². The van der Waals surface area contributed by atoms with E-state index in [1.807, 2.05) is 0 Å². The molecular formula is C28H26F7N5O2. The van der Waals surface area contributed by atoms with E-state index in [9.17, 15) is 40.3 Å². The zero-order valence-electron chi connectivity index (χ0n) is 22.4. The molecule has 4 rings (SSSR count). The van der Waals surface area contributed by atoms with Gasteiger partial charge in [0.05, 0.1) is 16.7 Å². The number of aryl methyl sites for hydroxylation is 1. The normalized spacial score (nSPS) is 17.7. The fourth-order valence-corrected chi connectivity index (χ4v) is 5.18. The van der Waals surface area contributed by atoms with Gasteiger partial charge in [-0.15, -0.1) is 0 Å². The monoisotopic (exact) mass is 597 g/mol. The molecule has 3 aromatic rings. The predicted molar refractivity (Wildman–Crippen MR) is 137 cm³/mol. The van der Waals surface area contributed by atoms with Crippen molar-refractivity contribution in [3.05, 3.63) is 88.0 Å². The average molecular weight is 598 g/mol. The number of likely N-dealkylation sites (tertiary alicyclic amines) is 1. The maximum absolute atomic E-state index is 13.9. The van der Waals surface area contributed by atoms with E-state index in [1.54, 1.807) is 6.92 Å². The van der Waals surface area contributed by atoms with Crippen LogP contribution in [0.2, 0.25) is 0 Å². The standard InChI is InChI=1S/C28H26F7N5O2/c1-15-7-20(29)3-4-21(15)23-14-40(24(41)17-11-37-26(36)38-12-17)6-5-22(23)25(42)39(2)13-16-8-18(27(30,31)32)10-19(9-16)28(33,34)35/h3-4,7-12,22-23H,5-6,13-14H2,1-2H3,(H2,36,37,38)/t22-,23+/m1/s1. The fraction of sp³-hybridized carbons (Fsp3) is 0.357. The summed E-state index contributed by atoms with van der Waals surface area (Å²) in [5.74, 6) is -2.97. The average Bonchev–Trinajstić information content (AvgIpc) is 2.91. The largest absolute Gasteiger partial charge is 0.416 e. The van der Waals surface area contributed by atoms with E-state index in [-0.39, 0.29) is 42.7 Å². The summed E-state index contributed by atoms with van der Waals surface area (Å²) < 4.78 is 94.0. The lowest BCUT2D eigenvalue weighted by molar-refractivity contribution is -0.143. The number of carbonyl (C=O) groups is 2. The van der Waals surface area contributed by atoms with Crippen molar-refractivity contribution >= 4 is 17.8 Å². The van der Waals surface area contributed by atoms with E-state index in [0.717, 1.165) is 4.90 Å². The Morgan fingerprint density at radius 3 is 2.14 bits per heavy atom. The number of nitrogens with zero attached hydrogens (tertiary/aromatic N) is 4. The number of hydrogen-bond donors (Lipinski definition) is 1. The molecule has 2 amide bonds. The third-order valence-electron chi connectivity index (χ3n) is 7.21. The third-order valence-corrected chi connectivity index (χ3v) is 7.21. The van der Waals surface area contributed by atoms with Crippen molar-refractivity contribution in [3.8, 4) is 0 Å². The first kappa shape index (κ1) is 30.7. The molecule has 2 N–H and O–H groups in total. The molecule has 1 aliphatic heterocycles. The molecule has 2 heterocycles. The van der Waals surface area contributed by atoms with Crippen LogP contribution in [0.3, 0.4) is 0 Å². The Hall–Kier alpha value is -4.23. The molecular weight excluding hydrogens is 571 g/mol. The first-order valence-corrected chi connectivity index (χ1v) is 12.7. The molecule has 1 fully saturated rings. The van der Waals surface area contributed by atoms with Crippen molar-refractivity contribution in [1.82, 2.24) is 19.8 Å². The molecule has 1 saturated heterocycles. The van der Waals surface area contributed by atoms with Crippen LogP contribution in [0.15, 0.2) is 48.8 Å². The lowest BCUT2D eigenvalue weighted by Gasteiger charge is -2.40. The number of anilines is 1. The lowest BCUT2D eigenvalue weighted by atomic mass is 9.78. The van der Waals surface area contributed by atoms with Gasteiger partial charge < -0.3 is 15.5 Å². The Morgan fingerprint density at radius 2 is 1.60 bits per heavy atom. The van der Waals surface area contributed by atoms with Crippen LogP contribution in [-0.2, 0) is 23.7 Å². The Kier molecular flexibility index (Phi) is 8.46. The van der Waals surface area contributed by atoms with Gasteiger partial charge in [-0.25, -0.2) is 14.4 Å². The quantitative estimate of drug-likeness (QED) is 0.395. The van der Waals surface area contributed by atoms with Crippen molar-refractivity contribution in [2.45, 2.75) is 38.2 Å². The molecule has 1 aromatic heterocycles.